The Bertz CT molecular complexity index is 789. The molecule has 0 radical (unpaired) electrons. The van der Waals surface area contributed by atoms with Crippen LogP contribution in [-0.2, 0) is 13.6 Å². The van der Waals surface area contributed by atoms with Gasteiger partial charge in [0, 0.05) is 50.9 Å². The van der Waals surface area contributed by atoms with Crippen molar-refractivity contribution in [1.82, 2.24) is 20.0 Å². The van der Waals surface area contributed by atoms with Crippen molar-refractivity contribution in [2.45, 2.75) is 25.8 Å². The van der Waals surface area contributed by atoms with Crippen LogP contribution in [0.25, 0.3) is 0 Å². The van der Waals surface area contributed by atoms with Gasteiger partial charge in [0.25, 0.3) is 5.69 Å². The van der Waals surface area contributed by atoms with E-state index < -0.39 is 0 Å². The van der Waals surface area contributed by atoms with E-state index >= 15 is 0 Å². The second-order valence-electron chi connectivity index (χ2n) is 6.47. The molecule has 1 fully saturated rings. The van der Waals surface area contributed by atoms with Gasteiger partial charge in [-0.2, -0.15) is 5.10 Å². The van der Waals surface area contributed by atoms with E-state index in [1.807, 2.05) is 17.9 Å². The lowest BCUT2D eigenvalue weighted by Gasteiger charge is -2.21. The Morgan fingerprint density at radius 1 is 1.41 bits per heavy atom. The Balaban J connectivity index is 0.00000261. The lowest BCUT2D eigenvalue weighted by molar-refractivity contribution is -0.384. The molecule has 2 aromatic rings. The number of hydrogen-bond donors (Lipinski definition) is 1. The summed E-state index contributed by atoms with van der Waals surface area (Å²) in [4.78, 5) is 17.3. The highest BCUT2D eigenvalue weighted by atomic mass is 127. The first-order chi connectivity index (χ1) is 12.6. The van der Waals surface area contributed by atoms with Crippen LogP contribution in [0, 0.1) is 10.1 Å². The summed E-state index contributed by atoms with van der Waals surface area (Å²) in [7, 11) is 1.94. The molecule has 2 heterocycles. The standard InChI is InChI=1S/C18H24N6O2.HI/c1-3-19-18(20-10-14-4-6-17(7-5-14)24(25)26)23-9-8-15(13-23)16-11-21-22(2)12-16;/h4-7,11-12,15H,3,8-10,13H2,1-2H3,(H,19,20);1H. The number of nitrogens with one attached hydrogen (secondary N) is 1. The van der Waals surface area contributed by atoms with E-state index in [1.165, 1.54) is 17.7 Å². The highest BCUT2D eigenvalue weighted by Crippen LogP contribution is 2.26. The van der Waals surface area contributed by atoms with E-state index in [0.29, 0.717) is 12.5 Å². The number of likely N-dealkylation sites (tertiary alicyclic amines) is 1. The number of aliphatic imine (C=N–C) groups is 1. The maximum Gasteiger partial charge on any atom is 0.269 e. The number of nitro benzene ring substituents is 1. The molecule has 1 saturated heterocycles. The fraction of sp³-hybridized carbons (Fsp3) is 0.444. The van der Waals surface area contributed by atoms with Gasteiger partial charge in [0.2, 0.25) is 0 Å². The van der Waals surface area contributed by atoms with E-state index in [1.54, 1.807) is 12.1 Å². The summed E-state index contributed by atoms with van der Waals surface area (Å²) in [5.74, 6) is 1.35. The topological polar surface area (TPSA) is 88.6 Å². The predicted molar refractivity (Wildman–Crippen MR) is 115 cm³/mol. The third kappa shape index (κ3) is 5.41. The minimum absolute atomic E-state index is 0. The van der Waals surface area contributed by atoms with Crippen LogP contribution in [0.4, 0.5) is 5.69 Å². The van der Waals surface area contributed by atoms with Gasteiger partial charge in [0.1, 0.15) is 0 Å². The van der Waals surface area contributed by atoms with Crippen LogP contribution in [-0.4, -0.2) is 45.2 Å². The summed E-state index contributed by atoms with van der Waals surface area (Å²) in [6, 6.07) is 6.55. The quantitative estimate of drug-likeness (QED) is 0.232. The molecule has 1 unspecified atom stereocenters. The molecule has 9 heteroatoms. The SMILES string of the molecule is CCNC(=NCc1ccc([N+](=O)[O-])cc1)N1CCC(c2cnn(C)c2)C1.I. The first kappa shape index (κ1) is 21.1. The minimum atomic E-state index is -0.389. The van der Waals surface area contributed by atoms with Crippen LogP contribution in [0.5, 0.6) is 0 Å². The maximum absolute atomic E-state index is 10.7. The summed E-state index contributed by atoms with van der Waals surface area (Å²) >= 11 is 0. The van der Waals surface area contributed by atoms with Crippen LogP contribution in [0.3, 0.4) is 0 Å². The Kier molecular flexibility index (Phi) is 7.57. The predicted octanol–water partition coefficient (Wildman–Crippen LogP) is 2.90. The van der Waals surface area contributed by atoms with Crippen LogP contribution in [0.1, 0.15) is 30.4 Å². The van der Waals surface area contributed by atoms with Crippen molar-refractivity contribution in [1.29, 1.82) is 0 Å². The molecule has 0 spiro atoms. The van der Waals surface area contributed by atoms with Gasteiger partial charge >= 0.3 is 0 Å². The number of nitrogens with zero attached hydrogens (tertiary/aromatic N) is 5. The first-order valence-corrected chi connectivity index (χ1v) is 8.82. The molecule has 1 aliphatic heterocycles. The molecule has 0 saturated carbocycles. The number of hydrogen-bond acceptors (Lipinski definition) is 4. The largest absolute Gasteiger partial charge is 0.357 e. The van der Waals surface area contributed by atoms with Gasteiger partial charge in [-0.25, -0.2) is 4.99 Å². The van der Waals surface area contributed by atoms with Crippen LogP contribution in [0.2, 0.25) is 0 Å². The Morgan fingerprint density at radius 2 is 2.15 bits per heavy atom. The molecule has 3 rings (SSSR count). The second kappa shape index (κ2) is 9.67. The van der Waals surface area contributed by atoms with E-state index in [2.05, 4.69) is 28.4 Å². The van der Waals surface area contributed by atoms with Crippen molar-refractivity contribution in [3.05, 3.63) is 57.9 Å². The molecule has 0 amide bonds. The van der Waals surface area contributed by atoms with Crippen molar-refractivity contribution < 1.29 is 4.92 Å². The van der Waals surface area contributed by atoms with Crippen molar-refractivity contribution in [3.8, 4) is 0 Å². The highest BCUT2D eigenvalue weighted by Gasteiger charge is 2.26. The lowest BCUT2D eigenvalue weighted by Crippen LogP contribution is -2.40. The van der Waals surface area contributed by atoms with Crippen LogP contribution >= 0.6 is 24.0 Å². The maximum atomic E-state index is 10.7. The van der Waals surface area contributed by atoms with E-state index in [4.69, 9.17) is 4.99 Å². The summed E-state index contributed by atoms with van der Waals surface area (Å²) in [6.07, 6.45) is 5.10. The highest BCUT2D eigenvalue weighted by molar-refractivity contribution is 14.0. The molecule has 8 nitrogen and oxygen atoms in total. The summed E-state index contributed by atoms with van der Waals surface area (Å²) in [6.45, 7) is 5.21. The van der Waals surface area contributed by atoms with E-state index in [0.717, 1.165) is 37.6 Å². The van der Waals surface area contributed by atoms with Crippen molar-refractivity contribution in [2.24, 2.45) is 12.0 Å². The van der Waals surface area contributed by atoms with Gasteiger partial charge in [0.05, 0.1) is 17.7 Å². The molecule has 1 N–H and O–H groups in total. The number of non-ortho nitro benzene ring substituents is 1. The molecule has 0 aliphatic carbocycles. The van der Waals surface area contributed by atoms with Crippen molar-refractivity contribution in [2.75, 3.05) is 19.6 Å². The number of aryl methyl sites for hydroxylation is 1. The van der Waals surface area contributed by atoms with Gasteiger partial charge in [-0.1, -0.05) is 12.1 Å². The number of halogens is 1. The third-order valence-electron chi connectivity index (χ3n) is 4.58. The fourth-order valence-electron chi connectivity index (χ4n) is 3.19. The summed E-state index contributed by atoms with van der Waals surface area (Å²) < 4.78 is 1.84. The zero-order valence-corrected chi connectivity index (χ0v) is 17.9. The Labute approximate surface area is 175 Å². The van der Waals surface area contributed by atoms with Gasteiger partial charge in [-0.15, -0.1) is 24.0 Å². The molecule has 1 aromatic heterocycles. The van der Waals surface area contributed by atoms with Gasteiger partial charge in [-0.3, -0.25) is 14.8 Å². The third-order valence-corrected chi connectivity index (χ3v) is 4.58. The number of nitro groups is 1. The van der Waals surface area contributed by atoms with E-state index in [-0.39, 0.29) is 34.6 Å². The van der Waals surface area contributed by atoms with Gasteiger partial charge in [-0.05, 0) is 24.5 Å². The van der Waals surface area contributed by atoms with Crippen LogP contribution in [0.15, 0.2) is 41.7 Å². The molecule has 1 aromatic carbocycles. The normalized spacial score (nSPS) is 16.9. The zero-order chi connectivity index (χ0) is 18.5. The van der Waals surface area contributed by atoms with Gasteiger partial charge < -0.3 is 10.2 Å². The Hall–Kier alpha value is -2.17. The second-order valence-corrected chi connectivity index (χ2v) is 6.47. The molecule has 1 aliphatic rings. The monoisotopic (exact) mass is 484 g/mol. The molecular formula is C18H25IN6O2. The molecule has 146 valence electrons. The molecule has 27 heavy (non-hydrogen) atoms. The number of aromatic nitrogens is 2. The average Bonchev–Trinajstić information content (AvgIpc) is 3.28. The zero-order valence-electron chi connectivity index (χ0n) is 15.5. The molecule has 1 atom stereocenters. The molecule has 0 bridgehead atoms. The average molecular weight is 484 g/mol. The van der Waals surface area contributed by atoms with Crippen LogP contribution < -0.4 is 5.32 Å². The first-order valence-electron chi connectivity index (χ1n) is 8.82. The minimum Gasteiger partial charge on any atom is -0.357 e. The fourth-order valence-corrected chi connectivity index (χ4v) is 3.19. The summed E-state index contributed by atoms with van der Waals surface area (Å²) in [5, 5.41) is 18.4. The number of rotatable bonds is 5. The Morgan fingerprint density at radius 3 is 2.74 bits per heavy atom. The smallest absolute Gasteiger partial charge is 0.269 e. The lowest BCUT2D eigenvalue weighted by atomic mass is 10.0. The number of guanidine groups is 1. The van der Waals surface area contributed by atoms with Crippen molar-refractivity contribution in [3.63, 3.8) is 0 Å². The summed E-state index contributed by atoms with van der Waals surface area (Å²) in [5.41, 5.74) is 2.32. The number of benzene rings is 1. The molecular weight excluding hydrogens is 459 g/mol. The van der Waals surface area contributed by atoms with E-state index in [9.17, 15) is 10.1 Å². The van der Waals surface area contributed by atoms with Crippen molar-refractivity contribution >= 4 is 35.6 Å². The van der Waals surface area contributed by atoms with Gasteiger partial charge in [0.15, 0.2) is 5.96 Å².